The number of carboxylic acids is 1. The Bertz CT molecular complexity index is 614. The number of carbonyl (C=O) groups excluding carboxylic acids is 1. The number of nitrogens with two attached hydrogens (primary N) is 1. The standard InChI is InChI=1S/C10H11ClN2O5S/c11-8-5-6(1-2-7(8)10(12)16)13-19(17,18)4-3-9(14)15/h1-2,5,13H,3-4H2,(H2,12,16)(H,14,15). The number of anilines is 1. The second-order valence-corrected chi connectivity index (χ2v) is 5.87. The molecule has 1 aromatic carbocycles. The zero-order valence-electron chi connectivity index (χ0n) is 9.59. The molecule has 0 atom stereocenters. The van der Waals surface area contributed by atoms with Gasteiger partial charge in [0.2, 0.25) is 15.9 Å². The number of halogens is 1. The van der Waals surface area contributed by atoms with Crippen molar-refractivity contribution in [2.24, 2.45) is 5.73 Å². The van der Waals surface area contributed by atoms with Crippen LogP contribution in [-0.2, 0) is 14.8 Å². The van der Waals surface area contributed by atoms with Crippen LogP contribution in [0.1, 0.15) is 16.8 Å². The van der Waals surface area contributed by atoms with Crippen molar-refractivity contribution in [1.29, 1.82) is 0 Å². The highest BCUT2D eigenvalue weighted by Crippen LogP contribution is 2.21. The van der Waals surface area contributed by atoms with E-state index in [0.717, 1.165) is 0 Å². The molecule has 0 aliphatic rings. The molecule has 7 nitrogen and oxygen atoms in total. The first-order chi connectivity index (χ1) is 8.71. The lowest BCUT2D eigenvalue weighted by Gasteiger charge is -2.08. The van der Waals surface area contributed by atoms with Gasteiger partial charge in [-0.1, -0.05) is 11.6 Å². The second kappa shape index (κ2) is 5.89. The number of aliphatic carboxylic acids is 1. The van der Waals surface area contributed by atoms with Gasteiger partial charge < -0.3 is 10.8 Å². The summed E-state index contributed by atoms with van der Waals surface area (Å²) in [6.45, 7) is 0. The summed E-state index contributed by atoms with van der Waals surface area (Å²) in [5.74, 6) is -2.50. The summed E-state index contributed by atoms with van der Waals surface area (Å²) in [4.78, 5) is 21.2. The zero-order chi connectivity index (χ0) is 14.6. The van der Waals surface area contributed by atoms with Gasteiger partial charge in [-0.2, -0.15) is 0 Å². The molecule has 0 saturated carbocycles. The van der Waals surface area contributed by atoms with Gasteiger partial charge in [-0.25, -0.2) is 8.42 Å². The average Bonchev–Trinajstić information content (AvgIpc) is 2.25. The minimum Gasteiger partial charge on any atom is -0.481 e. The maximum absolute atomic E-state index is 11.5. The lowest BCUT2D eigenvalue weighted by Crippen LogP contribution is -2.19. The van der Waals surface area contributed by atoms with E-state index in [1.165, 1.54) is 18.2 Å². The van der Waals surface area contributed by atoms with Gasteiger partial charge in [0, 0.05) is 5.69 Å². The highest BCUT2D eigenvalue weighted by Gasteiger charge is 2.14. The Balaban J connectivity index is 2.86. The summed E-state index contributed by atoms with van der Waals surface area (Å²) in [6.07, 6.45) is -0.511. The molecule has 0 saturated heterocycles. The van der Waals surface area contributed by atoms with Crippen LogP contribution in [0.5, 0.6) is 0 Å². The molecule has 0 unspecified atom stereocenters. The van der Waals surface area contributed by atoms with Gasteiger partial charge in [-0.05, 0) is 18.2 Å². The van der Waals surface area contributed by atoms with Crippen LogP contribution in [0, 0.1) is 0 Å². The Labute approximate surface area is 114 Å². The molecule has 19 heavy (non-hydrogen) atoms. The van der Waals surface area contributed by atoms with Crippen molar-refractivity contribution in [2.45, 2.75) is 6.42 Å². The Morgan fingerprint density at radius 1 is 1.37 bits per heavy atom. The highest BCUT2D eigenvalue weighted by molar-refractivity contribution is 7.92. The van der Waals surface area contributed by atoms with E-state index in [4.69, 9.17) is 22.4 Å². The quantitative estimate of drug-likeness (QED) is 0.711. The van der Waals surface area contributed by atoms with Crippen LogP contribution in [-0.4, -0.2) is 31.2 Å². The number of benzene rings is 1. The number of carboxylic acid groups (broad SMARTS) is 1. The van der Waals surface area contributed by atoms with Crippen molar-refractivity contribution in [3.05, 3.63) is 28.8 Å². The number of rotatable bonds is 6. The molecular weight excluding hydrogens is 296 g/mol. The minimum atomic E-state index is -3.79. The number of amides is 1. The predicted octanol–water partition coefficient (Wildman–Crippen LogP) is 0.655. The fraction of sp³-hybridized carbons (Fsp3) is 0.200. The van der Waals surface area contributed by atoms with E-state index in [1.807, 2.05) is 0 Å². The van der Waals surface area contributed by atoms with Crippen LogP contribution >= 0.6 is 11.6 Å². The van der Waals surface area contributed by atoms with E-state index in [-0.39, 0.29) is 16.3 Å². The summed E-state index contributed by atoms with van der Waals surface area (Å²) in [5.41, 5.74) is 5.24. The summed E-state index contributed by atoms with van der Waals surface area (Å²) in [5, 5.41) is 8.43. The molecular formula is C10H11ClN2O5S. The molecule has 0 aliphatic carbocycles. The molecule has 104 valence electrons. The molecule has 0 aromatic heterocycles. The summed E-state index contributed by atoms with van der Waals surface area (Å²) >= 11 is 5.75. The Kier molecular flexibility index (Phi) is 4.73. The molecule has 1 aromatic rings. The molecule has 0 bridgehead atoms. The first-order valence-electron chi connectivity index (χ1n) is 5.03. The molecule has 0 radical (unpaired) electrons. The van der Waals surface area contributed by atoms with Crippen LogP contribution in [0.3, 0.4) is 0 Å². The van der Waals surface area contributed by atoms with Crippen LogP contribution in [0.15, 0.2) is 18.2 Å². The number of primary amides is 1. The van der Waals surface area contributed by atoms with Crippen molar-refractivity contribution in [3.63, 3.8) is 0 Å². The third kappa shape index (κ3) is 4.76. The maximum atomic E-state index is 11.5. The number of hydrogen-bond acceptors (Lipinski definition) is 4. The van der Waals surface area contributed by atoms with E-state index < -0.39 is 34.1 Å². The summed E-state index contributed by atoms with van der Waals surface area (Å²) in [7, 11) is -3.79. The van der Waals surface area contributed by atoms with Gasteiger partial charge >= 0.3 is 5.97 Å². The molecule has 1 rings (SSSR count). The third-order valence-electron chi connectivity index (χ3n) is 2.09. The van der Waals surface area contributed by atoms with Crippen molar-refractivity contribution < 1.29 is 23.1 Å². The van der Waals surface area contributed by atoms with Crippen molar-refractivity contribution in [2.75, 3.05) is 10.5 Å². The SMILES string of the molecule is NC(=O)c1ccc(NS(=O)(=O)CCC(=O)O)cc1Cl. The van der Waals surface area contributed by atoms with Crippen LogP contribution < -0.4 is 10.5 Å². The largest absolute Gasteiger partial charge is 0.481 e. The normalized spacial score (nSPS) is 11.0. The van der Waals surface area contributed by atoms with Crippen LogP contribution in [0.25, 0.3) is 0 Å². The first kappa shape index (κ1) is 15.3. The van der Waals surface area contributed by atoms with Gasteiger partial charge in [-0.3, -0.25) is 14.3 Å². The number of sulfonamides is 1. The van der Waals surface area contributed by atoms with Crippen LogP contribution in [0.2, 0.25) is 5.02 Å². The van der Waals surface area contributed by atoms with E-state index in [0.29, 0.717) is 0 Å². The third-order valence-corrected chi connectivity index (χ3v) is 3.69. The molecule has 0 spiro atoms. The first-order valence-corrected chi connectivity index (χ1v) is 7.06. The fourth-order valence-electron chi connectivity index (χ4n) is 1.23. The Morgan fingerprint density at radius 3 is 2.47 bits per heavy atom. The zero-order valence-corrected chi connectivity index (χ0v) is 11.2. The summed E-state index contributed by atoms with van der Waals surface area (Å²) < 4.78 is 25.2. The lowest BCUT2D eigenvalue weighted by molar-refractivity contribution is -0.136. The van der Waals surface area contributed by atoms with Crippen molar-refractivity contribution in [3.8, 4) is 0 Å². The molecule has 0 fully saturated rings. The number of nitrogens with one attached hydrogen (secondary N) is 1. The van der Waals surface area contributed by atoms with E-state index in [2.05, 4.69) is 4.72 Å². The topological polar surface area (TPSA) is 127 Å². The minimum absolute atomic E-state index is 0.00549. The highest BCUT2D eigenvalue weighted by atomic mass is 35.5. The van der Waals surface area contributed by atoms with Gasteiger partial charge in [0.15, 0.2) is 0 Å². The van der Waals surface area contributed by atoms with Gasteiger partial charge in [-0.15, -0.1) is 0 Å². The number of carbonyl (C=O) groups is 2. The van der Waals surface area contributed by atoms with Crippen molar-refractivity contribution >= 4 is 39.2 Å². The predicted molar refractivity (Wildman–Crippen MR) is 69.6 cm³/mol. The van der Waals surface area contributed by atoms with Gasteiger partial charge in [0.05, 0.1) is 22.8 Å². The Hall–Kier alpha value is -1.80. The number of hydrogen-bond donors (Lipinski definition) is 3. The molecule has 0 aliphatic heterocycles. The fourth-order valence-corrected chi connectivity index (χ4v) is 2.54. The molecule has 0 heterocycles. The van der Waals surface area contributed by atoms with Gasteiger partial charge in [0.1, 0.15) is 0 Å². The van der Waals surface area contributed by atoms with E-state index >= 15 is 0 Å². The van der Waals surface area contributed by atoms with Gasteiger partial charge in [0.25, 0.3) is 0 Å². The van der Waals surface area contributed by atoms with E-state index in [1.54, 1.807) is 0 Å². The second-order valence-electron chi connectivity index (χ2n) is 3.62. The average molecular weight is 307 g/mol. The van der Waals surface area contributed by atoms with E-state index in [9.17, 15) is 18.0 Å². The lowest BCUT2D eigenvalue weighted by atomic mass is 10.2. The monoisotopic (exact) mass is 306 g/mol. The Morgan fingerprint density at radius 2 is 2.00 bits per heavy atom. The summed E-state index contributed by atoms with van der Waals surface area (Å²) in [6, 6.07) is 3.81. The van der Waals surface area contributed by atoms with Crippen LogP contribution in [0.4, 0.5) is 5.69 Å². The molecule has 1 amide bonds. The molecule has 9 heteroatoms. The maximum Gasteiger partial charge on any atom is 0.304 e. The molecule has 4 N–H and O–H groups in total. The van der Waals surface area contributed by atoms with Crippen molar-refractivity contribution in [1.82, 2.24) is 0 Å². The smallest absolute Gasteiger partial charge is 0.304 e.